The molecule has 0 fully saturated rings. The monoisotopic (exact) mass is 346 g/mol. The highest BCUT2D eigenvalue weighted by Crippen LogP contribution is 2.19. The number of phenolic OH excluding ortho intramolecular Hbond substituents is 1. The number of hydrogen-bond acceptors (Lipinski definition) is 3. The minimum atomic E-state index is -0.323. The van der Waals surface area contributed by atoms with Crippen molar-refractivity contribution in [1.82, 2.24) is 10.6 Å². The summed E-state index contributed by atoms with van der Waals surface area (Å²) in [7, 11) is 0. The summed E-state index contributed by atoms with van der Waals surface area (Å²) in [5.41, 5.74) is 1.29. The zero-order valence-electron chi connectivity index (χ0n) is 13.3. The summed E-state index contributed by atoms with van der Waals surface area (Å²) in [5.74, 6) is -0.603. The number of halogens is 1. The molecule has 0 aliphatic carbocycles. The number of phenols is 1. The Balaban J connectivity index is 1.76. The van der Waals surface area contributed by atoms with Gasteiger partial charge in [-0.05, 0) is 48.9 Å². The van der Waals surface area contributed by atoms with Gasteiger partial charge in [-0.2, -0.15) is 0 Å². The quantitative estimate of drug-likeness (QED) is 0.704. The van der Waals surface area contributed by atoms with Crippen LogP contribution in [0.4, 0.5) is 0 Å². The second kappa shape index (κ2) is 8.36. The molecular weight excluding hydrogens is 328 g/mol. The summed E-state index contributed by atoms with van der Waals surface area (Å²) >= 11 is 5.93. The number of hydrogen-bond donors (Lipinski definition) is 3. The molecular formula is C18H19ClN2O3. The second-order valence-electron chi connectivity index (χ2n) is 5.37. The van der Waals surface area contributed by atoms with Crippen LogP contribution in [0.25, 0.3) is 0 Å². The molecule has 0 radical (unpaired) electrons. The highest BCUT2D eigenvalue weighted by Gasteiger charge is 2.15. The van der Waals surface area contributed by atoms with Crippen molar-refractivity contribution in [3.05, 3.63) is 64.7 Å². The maximum Gasteiger partial charge on any atom is 0.251 e. The lowest BCUT2D eigenvalue weighted by atomic mass is 10.0. The predicted octanol–water partition coefficient (Wildman–Crippen LogP) is 2.70. The highest BCUT2D eigenvalue weighted by atomic mass is 35.5. The summed E-state index contributed by atoms with van der Waals surface area (Å²) in [5, 5.41) is 15.3. The SMILES string of the molecule is CC(C(=O)NCCNC(=O)c1ccc(O)cc1)c1cccc(Cl)c1. The summed E-state index contributed by atoms with van der Waals surface area (Å²) in [6.07, 6.45) is 0. The smallest absolute Gasteiger partial charge is 0.251 e. The third kappa shape index (κ3) is 4.99. The van der Waals surface area contributed by atoms with Gasteiger partial charge in [-0.3, -0.25) is 9.59 Å². The van der Waals surface area contributed by atoms with Crippen LogP contribution in [0.1, 0.15) is 28.8 Å². The van der Waals surface area contributed by atoms with Crippen LogP contribution in [0.3, 0.4) is 0 Å². The molecule has 6 heteroatoms. The Morgan fingerprint density at radius 1 is 1.08 bits per heavy atom. The average molecular weight is 347 g/mol. The summed E-state index contributed by atoms with van der Waals surface area (Å²) in [6, 6.07) is 13.1. The van der Waals surface area contributed by atoms with Crippen LogP contribution in [-0.4, -0.2) is 30.0 Å². The highest BCUT2D eigenvalue weighted by molar-refractivity contribution is 6.30. The molecule has 2 aromatic carbocycles. The molecule has 5 nitrogen and oxygen atoms in total. The minimum Gasteiger partial charge on any atom is -0.508 e. The largest absolute Gasteiger partial charge is 0.508 e. The number of benzene rings is 2. The van der Waals surface area contributed by atoms with Crippen LogP contribution < -0.4 is 10.6 Å². The lowest BCUT2D eigenvalue weighted by Crippen LogP contribution is -2.36. The van der Waals surface area contributed by atoms with Crippen molar-refractivity contribution in [3.63, 3.8) is 0 Å². The van der Waals surface area contributed by atoms with Crippen LogP contribution in [0.5, 0.6) is 5.75 Å². The summed E-state index contributed by atoms with van der Waals surface area (Å²) in [6.45, 7) is 2.44. The molecule has 0 saturated heterocycles. The molecule has 0 aliphatic heterocycles. The van der Waals surface area contributed by atoms with Gasteiger partial charge in [0, 0.05) is 23.7 Å². The Labute approximate surface area is 145 Å². The van der Waals surface area contributed by atoms with E-state index in [0.717, 1.165) is 5.56 Å². The predicted molar refractivity (Wildman–Crippen MR) is 93.3 cm³/mol. The van der Waals surface area contributed by atoms with Gasteiger partial charge >= 0.3 is 0 Å². The van der Waals surface area contributed by atoms with Gasteiger partial charge < -0.3 is 15.7 Å². The molecule has 1 atom stereocenters. The molecule has 2 amide bonds. The maximum atomic E-state index is 12.1. The van der Waals surface area contributed by atoms with Crippen LogP contribution in [0.15, 0.2) is 48.5 Å². The first kappa shape index (κ1) is 17.8. The third-order valence-corrected chi connectivity index (χ3v) is 3.82. The van der Waals surface area contributed by atoms with Gasteiger partial charge in [0.1, 0.15) is 5.75 Å². The van der Waals surface area contributed by atoms with Crippen molar-refractivity contribution in [3.8, 4) is 5.75 Å². The number of rotatable bonds is 6. The molecule has 24 heavy (non-hydrogen) atoms. The van der Waals surface area contributed by atoms with Gasteiger partial charge in [-0.1, -0.05) is 23.7 Å². The third-order valence-electron chi connectivity index (χ3n) is 3.58. The normalized spacial score (nSPS) is 11.6. The van der Waals surface area contributed by atoms with E-state index in [0.29, 0.717) is 23.7 Å². The van der Waals surface area contributed by atoms with E-state index in [-0.39, 0.29) is 23.5 Å². The minimum absolute atomic E-state index is 0.105. The van der Waals surface area contributed by atoms with Crippen LogP contribution >= 0.6 is 11.6 Å². The first-order valence-corrected chi connectivity index (χ1v) is 7.95. The summed E-state index contributed by atoms with van der Waals surface area (Å²) < 4.78 is 0. The second-order valence-corrected chi connectivity index (χ2v) is 5.81. The Kier molecular flexibility index (Phi) is 6.21. The summed E-state index contributed by atoms with van der Waals surface area (Å²) in [4.78, 5) is 24.0. The molecule has 0 heterocycles. The fourth-order valence-corrected chi connectivity index (χ4v) is 2.36. The molecule has 0 spiro atoms. The van der Waals surface area contributed by atoms with E-state index in [1.54, 1.807) is 25.1 Å². The van der Waals surface area contributed by atoms with Crippen molar-refractivity contribution in [1.29, 1.82) is 0 Å². The van der Waals surface area contributed by atoms with E-state index in [1.165, 1.54) is 24.3 Å². The lowest BCUT2D eigenvalue weighted by Gasteiger charge is -2.13. The lowest BCUT2D eigenvalue weighted by molar-refractivity contribution is -0.122. The molecule has 3 N–H and O–H groups in total. The Morgan fingerprint density at radius 3 is 2.42 bits per heavy atom. The Bertz CT molecular complexity index is 716. The van der Waals surface area contributed by atoms with E-state index in [4.69, 9.17) is 11.6 Å². The standard InChI is InChI=1S/C18H19ClN2O3/c1-12(14-3-2-4-15(19)11-14)17(23)20-9-10-21-18(24)13-5-7-16(22)8-6-13/h2-8,11-12,22H,9-10H2,1H3,(H,20,23)(H,21,24). The number of carbonyl (C=O) groups is 2. The van der Waals surface area contributed by atoms with Crippen molar-refractivity contribution in [2.24, 2.45) is 0 Å². The number of carbonyl (C=O) groups excluding carboxylic acids is 2. The van der Waals surface area contributed by atoms with Crippen molar-refractivity contribution in [2.45, 2.75) is 12.8 Å². The molecule has 126 valence electrons. The average Bonchev–Trinajstić information content (AvgIpc) is 2.58. The molecule has 0 aliphatic rings. The number of nitrogens with one attached hydrogen (secondary N) is 2. The number of amides is 2. The fourth-order valence-electron chi connectivity index (χ4n) is 2.16. The van der Waals surface area contributed by atoms with Gasteiger partial charge in [0.2, 0.25) is 5.91 Å². The van der Waals surface area contributed by atoms with Crippen molar-refractivity contribution >= 4 is 23.4 Å². The van der Waals surface area contributed by atoms with E-state index < -0.39 is 0 Å². The maximum absolute atomic E-state index is 12.1. The van der Waals surface area contributed by atoms with Crippen molar-refractivity contribution in [2.75, 3.05) is 13.1 Å². The van der Waals surface area contributed by atoms with Crippen LogP contribution in [-0.2, 0) is 4.79 Å². The Morgan fingerprint density at radius 2 is 1.75 bits per heavy atom. The van der Waals surface area contributed by atoms with E-state index in [9.17, 15) is 14.7 Å². The van der Waals surface area contributed by atoms with E-state index in [1.807, 2.05) is 6.07 Å². The van der Waals surface area contributed by atoms with Gasteiger partial charge in [0.15, 0.2) is 0 Å². The van der Waals surface area contributed by atoms with Crippen LogP contribution in [0, 0.1) is 0 Å². The fraction of sp³-hybridized carbons (Fsp3) is 0.222. The van der Waals surface area contributed by atoms with Gasteiger partial charge in [-0.25, -0.2) is 0 Å². The molecule has 0 aromatic heterocycles. The van der Waals surface area contributed by atoms with Gasteiger partial charge in [0.25, 0.3) is 5.91 Å². The molecule has 2 aromatic rings. The zero-order valence-corrected chi connectivity index (χ0v) is 14.0. The molecule has 0 saturated carbocycles. The van der Waals surface area contributed by atoms with E-state index >= 15 is 0 Å². The number of aromatic hydroxyl groups is 1. The topological polar surface area (TPSA) is 78.4 Å². The first-order valence-electron chi connectivity index (χ1n) is 7.58. The van der Waals surface area contributed by atoms with Crippen LogP contribution in [0.2, 0.25) is 5.02 Å². The van der Waals surface area contributed by atoms with Crippen molar-refractivity contribution < 1.29 is 14.7 Å². The molecule has 0 bridgehead atoms. The van der Waals surface area contributed by atoms with E-state index in [2.05, 4.69) is 10.6 Å². The molecule has 2 rings (SSSR count). The van der Waals surface area contributed by atoms with Gasteiger partial charge in [-0.15, -0.1) is 0 Å². The zero-order chi connectivity index (χ0) is 17.5. The molecule has 1 unspecified atom stereocenters. The van der Waals surface area contributed by atoms with Gasteiger partial charge in [0.05, 0.1) is 5.92 Å². The Hall–Kier alpha value is -2.53. The first-order chi connectivity index (χ1) is 11.5.